The zero-order chi connectivity index (χ0) is 11.5. The number of nitrogens with two attached hydrogens (primary N) is 1. The van der Waals surface area contributed by atoms with Crippen molar-refractivity contribution in [3.8, 4) is 22.6 Å². The van der Waals surface area contributed by atoms with Crippen molar-refractivity contribution in [2.24, 2.45) is 0 Å². The molecule has 0 bridgehead atoms. The Morgan fingerprint density at radius 3 is 2.50 bits per heavy atom. The summed E-state index contributed by atoms with van der Waals surface area (Å²) in [6.45, 7) is 0. The molecule has 4 nitrogen and oxygen atoms in total. The summed E-state index contributed by atoms with van der Waals surface area (Å²) < 4.78 is 15.4. The summed E-state index contributed by atoms with van der Waals surface area (Å²) in [6, 6.07) is 5.55. The van der Waals surface area contributed by atoms with Gasteiger partial charge in [-0.2, -0.15) is 0 Å². The second-order valence-corrected chi connectivity index (χ2v) is 3.31. The first-order chi connectivity index (χ1) is 7.76. The van der Waals surface area contributed by atoms with E-state index in [-0.39, 0.29) is 0 Å². The number of rotatable bonds is 3. The molecule has 1 heterocycles. The van der Waals surface area contributed by atoms with E-state index in [4.69, 9.17) is 19.6 Å². The largest absolute Gasteiger partial charge is 0.493 e. The van der Waals surface area contributed by atoms with E-state index in [0.29, 0.717) is 17.2 Å². The second-order valence-electron chi connectivity index (χ2n) is 3.31. The highest BCUT2D eigenvalue weighted by atomic mass is 16.5. The van der Waals surface area contributed by atoms with Gasteiger partial charge in [-0.05, 0) is 23.8 Å². The summed E-state index contributed by atoms with van der Waals surface area (Å²) in [5, 5.41) is 0. The molecule has 1 aromatic carbocycles. The third-order valence-electron chi connectivity index (χ3n) is 2.36. The van der Waals surface area contributed by atoms with Gasteiger partial charge in [-0.3, -0.25) is 0 Å². The second kappa shape index (κ2) is 4.18. The number of hydrogen-bond donors (Lipinski definition) is 1. The van der Waals surface area contributed by atoms with Crippen molar-refractivity contribution >= 4 is 5.69 Å². The van der Waals surface area contributed by atoms with Crippen LogP contribution < -0.4 is 15.2 Å². The van der Waals surface area contributed by atoms with Crippen LogP contribution >= 0.6 is 0 Å². The third-order valence-corrected chi connectivity index (χ3v) is 2.36. The minimum absolute atomic E-state index is 0.540. The molecule has 16 heavy (non-hydrogen) atoms. The van der Waals surface area contributed by atoms with E-state index in [1.54, 1.807) is 26.7 Å². The van der Waals surface area contributed by atoms with Crippen molar-refractivity contribution in [3.05, 3.63) is 30.7 Å². The molecule has 0 aliphatic rings. The van der Waals surface area contributed by atoms with E-state index >= 15 is 0 Å². The molecule has 0 amide bonds. The fraction of sp³-hybridized carbons (Fsp3) is 0.167. The van der Waals surface area contributed by atoms with E-state index in [2.05, 4.69) is 0 Å². The van der Waals surface area contributed by atoms with Crippen LogP contribution in [-0.2, 0) is 0 Å². The normalized spacial score (nSPS) is 10.1. The molecule has 0 aliphatic heterocycles. The number of benzene rings is 1. The van der Waals surface area contributed by atoms with Gasteiger partial charge >= 0.3 is 0 Å². The van der Waals surface area contributed by atoms with E-state index < -0.39 is 0 Å². The van der Waals surface area contributed by atoms with Crippen LogP contribution in [0.3, 0.4) is 0 Å². The van der Waals surface area contributed by atoms with Crippen LogP contribution in [0.4, 0.5) is 5.69 Å². The van der Waals surface area contributed by atoms with Crippen LogP contribution in [0.1, 0.15) is 0 Å². The molecule has 0 saturated heterocycles. The summed E-state index contributed by atoms with van der Waals surface area (Å²) in [6.07, 6.45) is 3.27. The number of hydrogen-bond acceptors (Lipinski definition) is 4. The van der Waals surface area contributed by atoms with Gasteiger partial charge in [0.15, 0.2) is 11.5 Å². The Hall–Kier alpha value is -2.10. The number of ether oxygens (including phenoxy) is 2. The Bertz CT molecular complexity index is 477. The highest BCUT2D eigenvalue weighted by molar-refractivity contribution is 5.74. The number of anilines is 1. The average molecular weight is 219 g/mol. The molecule has 0 spiro atoms. The minimum atomic E-state index is 0.540. The summed E-state index contributed by atoms with van der Waals surface area (Å²) in [7, 11) is 3.14. The van der Waals surface area contributed by atoms with Crippen molar-refractivity contribution in [1.82, 2.24) is 0 Å². The molecule has 0 aliphatic carbocycles. The maximum Gasteiger partial charge on any atom is 0.183 e. The summed E-state index contributed by atoms with van der Waals surface area (Å²) in [5.74, 6) is 1.16. The first kappa shape index (κ1) is 10.4. The van der Waals surface area contributed by atoms with Crippen LogP contribution in [0.25, 0.3) is 11.1 Å². The monoisotopic (exact) mass is 219 g/mol. The summed E-state index contributed by atoms with van der Waals surface area (Å²) >= 11 is 0. The van der Waals surface area contributed by atoms with Crippen molar-refractivity contribution in [3.63, 3.8) is 0 Å². The molecule has 84 valence electrons. The van der Waals surface area contributed by atoms with Gasteiger partial charge in [0.05, 0.1) is 32.4 Å². The maximum absolute atomic E-state index is 5.88. The lowest BCUT2D eigenvalue weighted by Gasteiger charge is -2.11. The lowest BCUT2D eigenvalue weighted by Crippen LogP contribution is -1.96. The Morgan fingerprint density at radius 2 is 1.94 bits per heavy atom. The SMILES string of the molecule is COc1cc(-c2ccoc2)cc(N)c1OC. The molecule has 0 saturated carbocycles. The molecule has 2 N–H and O–H groups in total. The van der Waals surface area contributed by atoms with E-state index in [1.165, 1.54) is 0 Å². The first-order valence-electron chi connectivity index (χ1n) is 4.80. The van der Waals surface area contributed by atoms with E-state index in [9.17, 15) is 0 Å². The van der Waals surface area contributed by atoms with Crippen molar-refractivity contribution in [2.75, 3.05) is 20.0 Å². The molecule has 0 radical (unpaired) electrons. The van der Waals surface area contributed by atoms with Crippen molar-refractivity contribution in [2.45, 2.75) is 0 Å². The number of furan rings is 1. The highest BCUT2D eigenvalue weighted by Gasteiger charge is 2.11. The highest BCUT2D eigenvalue weighted by Crippen LogP contribution is 2.37. The van der Waals surface area contributed by atoms with E-state index in [0.717, 1.165) is 11.1 Å². The van der Waals surface area contributed by atoms with Gasteiger partial charge in [0.1, 0.15) is 0 Å². The molecule has 2 rings (SSSR count). The smallest absolute Gasteiger partial charge is 0.183 e. The topological polar surface area (TPSA) is 57.6 Å². The third kappa shape index (κ3) is 1.69. The number of nitrogen functional groups attached to an aromatic ring is 1. The minimum Gasteiger partial charge on any atom is -0.493 e. The molecule has 0 unspecified atom stereocenters. The van der Waals surface area contributed by atoms with Gasteiger partial charge in [0, 0.05) is 5.56 Å². The van der Waals surface area contributed by atoms with Gasteiger partial charge < -0.3 is 19.6 Å². The molecule has 1 aromatic heterocycles. The first-order valence-corrected chi connectivity index (χ1v) is 4.80. The Morgan fingerprint density at radius 1 is 1.12 bits per heavy atom. The number of methoxy groups -OCH3 is 2. The zero-order valence-corrected chi connectivity index (χ0v) is 9.19. The Kier molecular flexibility index (Phi) is 2.72. The zero-order valence-electron chi connectivity index (χ0n) is 9.19. The van der Waals surface area contributed by atoms with Gasteiger partial charge in [-0.25, -0.2) is 0 Å². The molecule has 0 fully saturated rings. The molecule has 0 atom stereocenters. The van der Waals surface area contributed by atoms with Gasteiger partial charge in [0.25, 0.3) is 0 Å². The van der Waals surface area contributed by atoms with Crippen LogP contribution in [-0.4, -0.2) is 14.2 Å². The predicted octanol–water partition coefficient (Wildman–Crippen LogP) is 2.55. The standard InChI is InChI=1S/C12H13NO3/c1-14-11-6-9(8-3-4-16-7-8)5-10(13)12(11)15-2/h3-7H,13H2,1-2H3. The van der Waals surface area contributed by atoms with Gasteiger partial charge in [0.2, 0.25) is 0 Å². The predicted molar refractivity (Wildman–Crippen MR) is 61.7 cm³/mol. The maximum atomic E-state index is 5.88. The Labute approximate surface area is 93.6 Å². The fourth-order valence-electron chi connectivity index (χ4n) is 1.59. The van der Waals surface area contributed by atoms with Gasteiger partial charge in [-0.1, -0.05) is 0 Å². The molecular weight excluding hydrogens is 206 g/mol. The van der Waals surface area contributed by atoms with Crippen LogP contribution in [0.2, 0.25) is 0 Å². The Balaban J connectivity index is 2.54. The van der Waals surface area contributed by atoms with Gasteiger partial charge in [-0.15, -0.1) is 0 Å². The molecular formula is C12H13NO3. The quantitative estimate of drug-likeness (QED) is 0.806. The molecule has 2 aromatic rings. The average Bonchev–Trinajstić information content (AvgIpc) is 2.81. The lowest BCUT2D eigenvalue weighted by molar-refractivity contribution is 0.356. The fourth-order valence-corrected chi connectivity index (χ4v) is 1.59. The van der Waals surface area contributed by atoms with Crippen LogP contribution in [0, 0.1) is 0 Å². The summed E-state index contributed by atoms with van der Waals surface area (Å²) in [5.41, 5.74) is 8.30. The van der Waals surface area contributed by atoms with E-state index in [1.807, 2.05) is 18.2 Å². The molecule has 4 heteroatoms. The lowest BCUT2D eigenvalue weighted by atomic mass is 10.1. The van der Waals surface area contributed by atoms with Crippen molar-refractivity contribution in [1.29, 1.82) is 0 Å². The summed E-state index contributed by atoms with van der Waals surface area (Å²) in [4.78, 5) is 0. The van der Waals surface area contributed by atoms with Crippen LogP contribution in [0.5, 0.6) is 11.5 Å². The van der Waals surface area contributed by atoms with Crippen molar-refractivity contribution < 1.29 is 13.9 Å². The van der Waals surface area contributed by atoms with Crippen LogP contribution in [0.15, 0.2) is 35.1 Å².